The maximum absolute atomic E-state index is 10.9. The van der Waals surface area contributed by atoms with Gasteiger partial charge in [-0.2, -0.15) is 0 Å². The average Bonchev–Trinajstić information content (AvgIpc) is 1.81. The Morgan fingerprint density at radius 2 is 2.33 bits per heavy atom. The molecule has 12 heavy (non-hydrogen) atoms. The number of aliphatic imine (C=N–C) groups is 1. The van der Waals surface area contributed by atoms with Gasteiger partial charge in [0.05, 0.1) is 0 Å². The van der Waals surface area contributed by atoms with Crippen molar-refractivity contribution < 1.29 is 8.42 Å². The van der Waals surface area contributed by atoms with Crippen LogP contribution in [0.15, 0.2) is 27.6 Å². The van der Waals surface area contributed by atoms with Gasteiger partial charge in [-0.1, -0.05) is 6.08 Å². The number of primary sulfonamides is 1. The third kappa shape index (κ3) is 2.80. The molecule has 4 nitrogen and oxygen atoms in total. The highest BCUT2D eigenvalue weighted by atomic mass is 32.3. The Morgan fingerprint density at radius 3 is 3.00 bits per heavy atom. The minimum Gasteiger partial charge on any atom is -0.265 e. The Bertz CT molecular complexity index is 341. The molecule has 0 amide bonds. The van der Waals surface area contributed by atoms with Gasteiger partial charge < -0.3 is 0 Å². The number of hydrogen-bond acceptors (Lipinski definition) is 4. The second kappa shape index (κ2) is 3.88. The second-order valence-electron chi connectivity index (χ2n) is 2.02. The van der Waals surface area contributed by atoms with Gasteiger partial charge in [-0.15, -0.1) is 11.8 Å². The summed E-state index contributed by atoms with van der Waals surface area (Å²) in [6, 6.07) is 0. The first-order valence-electron chi connectivity index (χ1n) is 3.15. The molecule has 1 heterocycles. The molecule has 6 heteroatoms. The van der Waals surface area contributed by atoms with Crippen molar-refractivity contribution in [3.8, 4) is 0 Å². The highest BCUT2D eigenvalue weighted by Gasteiger charge is 2.11. The molecule has 0 aromatic heterocycles. The topological polar surface area (TPSA) is 72.5 Å². The van der Waals surface area contributed by atoms with Gasteiger partial charge in [0, 0.05) is 18.2 Å². The number of thioether (sulfide) groups is 1. The summed E-state index contributed by atoms with van der Waals surface area (Å²) in [7, 11) is -3.57. The number of nitrogens with zero attached hydrogens (tertiary/aromatic N) is 1. The molecule has 2 N–H and O–H groups in total. The van der Waals surface area contributed by atoms with Crippen molar-refractivity contribution in [1.82, 2.24) is 0 Å². The van der Waals surface area contributed by atoms with Crippen LogP contribution in [-0.4, -0.2) is 20.4 Å². The molecular weight excluding hydrogens is 196 g/mol. The van der Waals surface area contributed by atoms with Crippen molar-refractivity contribution in [1.29, 1.82) is 0 Å². The fourth-order valence-electron chi connectivity index (χ4n) is 0.613. The van der Waals surface area contributed by atoms with Crippen molar-refractivity contribution in [3.63, 3.8) is 0 Å². The predicted molar refractivity (Wildman–Crippen MR) is 51.3 cm³/mol. The van der Waals surface area contributed by atoms with E-state index in [-0.39, 0.29) is 4.24 Å². The van der Waals surface area contributed by atoms with Gasteiger partial charge in [0.15, 0.2) is 0 Å². The fraction of sp³-hybridized carbons (Fsp3) is 0.167. The lowest BCUT2D eigenvalue weighted by molar-refractivity contribution is 0.605. The number of allylic oxidation sites excluding steroid dienone is 1. The molecule has 0 fully saturated rings. The van der Waals surface area contributed by atoms with E-state index in [0.717, 1.165) is 0 Å². The van der Waals surface area contributed by atoms with E-state index in [9.17, 15) is 8.42 Å². The molecule has 0 saturated heterocycles. The molecule has 66 valence electrons. The average molecular weight is 204 g/mol. The third-order valence-electron chi connectivity index (χ3n) is 1.09. The van der Waals surface area contributed by atoms with E-state index in [1.807, 2.05) is 0 Å². The zero-order valence-corrected chi connectivity index (χ0v) is 7.81. The molecule has 0 atom stereocenters. The molecular formula is C6H8N2O2S2. The zero-order valence-electron chi connectivity index (χ0n) is 6.17. The highest BCUT2D eigenvalue weighted by Crippen LogP contribution is 2.19. The van der Waals surface area contributed by atoms with Gasteiger partial charge in [-0.3, -0.25) is 4.99 Å². The lowest BCUT2D eigenvalue weighted by atomic mass is 10.6. The second-order valence-corrected chi connectivity index (χ2v) is 4.87. The minimum atomic E-state index is -3.57. The predicted octanol–water partition coefficient (Wildman–Crippen LogP) is 0.448. The van der Waals surface area contributed by atoms with Crippen molar-refractivity contribution in [3.05, 3.63) is 22.6 Å². The van der Waals surface area contributed by atoms with Crippen LogP contribution in [0.5, 0.6) is 0 Å². The molecule has 0 saturated carbocycles. The summed E-state index contributed by atoms with van der Waals surface area (Å²) in [6.07, 6.45) is 6.18. The minimum absolute atomic E-state index is 0.149. The summed E-state index contributed by atoms with van der Waals surface area (Å²) in [4.78, 5) is 3.78. The lowest BCUT2D eigenvalue weighted by Crippen LogP contribution is -2.13. The molecule has 1 rings (SSSR count). The number of rotatable bonds is 1. The number of hydrogen-bond donors (Lipinski definition) is 1. The van der Waals surface area contributed by atoms with Crippen LogP contribution >= 0.6 is 11.8 Å². The Kier molecular flexibility index (Phi) is 3.07. The van der Waals surface area contributed by atoms with Crippen molar-refractivity contribution >= 4 is 28.0 Å². The standard InChI is InChI=1S/C6H8N2O2S2/c7-12(9,10)6-2-4-8-3-1-5-11-6/h1-4H,5H2,(H2,7,9,10). The van der Waals surface area contributed by atoms with Gasteiger partial charge >= 0.3 is 0 Å². The summed E-state index contributed by atoms with van der Waals surface area (Å²) in [5, 5.41) is 4.93. The van der Waals surface area contributed by atoms with Crippen LogP contribution in [0, 0.1) is 0 Å². The van der Waals surface area contributed by atoms with Gasteiger partial charge in [-0.05, 0) is 6.08 Å². The SMILES string of the molecule is NS(=O)(=O)C1=CC=NC=CCS1. The Balaban J connectivity index is 2.93. The summed E-state index contributed by atoms with van der Waals surface area (Å²) >= 11 is 1.17. The first kappa shape index (κ1) is 9.50. The normalized spacial score (nSPS) is 18.2. The Hall–Kier alpha value is -0.590. The van der Waals surface area contributed by atoms with E-state index >= 15 is 0 Å². The third-order valence-corrected chi connectivity index (χ3v) is 3.62. The molecule has 1 aliphatic heterocycles. The van der Waals surface area contributed by atoms with Crippen LogP contribution in [0.2, 0.25) is 0 Å². The first-order chi connectivity index (χ1) is 5.61. The molecule has 0 aromatic rings. The summed E-state index contributed by atoms with van der Waals surface area (Å²) in [5.74, 6) is 0.569. The molecule has 0 radical (unpaired) electrons. The van der Waals surface area contributed by atoms with Crippen molar-refractivity contribution in [2.45, 2.75) is 0 Å². The maximum Gasteiger partial charge on any atom is 0.244 e. The van der Waals surface area contributed by atoms with Gasteiger partial charge in [0.2, 0.25) is 10.0 Å². The number of sulfonamides is 1. The first-order valence-corrected chi connectivity index (χ1v) is 5.68. The van der Waals surface area contributed by atoms with E-state index in [1.54, 1.807) is 12.3 Å². The zero-order chi connectivity index (χ0) is 9.03. The van der Waals surface area contributed by atoms with E-state index in [2.05, 4.69) is 4.99 Å². The molecule has 0 aromatic carbocycles. The summed E-state index contributed by atoms with van der Waals surface area (Å²) < 4.78 is 21.9. The lowest BCUT2D eigenvalue weighted by Gasteiger charge is -2.01. The Labute approximate surface area is 75.3 Å². The molecule has 0 unspecified atom stereocenters. The monoisotopic (exact) mass is 204 g/mol. The molecule has 0 bridgehead atoms. The van der Waals surface area contributed by atoms with Crippen LogP contribution in [-0.2, 0) is 10.0 Å². The summed E-state index contributed by atoms with van der Waals surface area (Å²) in [6.45, 7) is 0. The van der Waals surface area contributed by atoms with Crippen molar-refractivity contribution in [2.75, 3.05) is 5.75 Å². The molecule has 0 spiro atoms. The molecule has 0 aliphatic carbocycles. The van der Waals surface area contributed by atoms with E-state index in [0.29, 0.717) is 5.75 Å². The smallest absolute Gasteiger partial charge is 0.244 e. The number of nitrogens with two attached hydrogens (primary N) is 1. The van der Waals surface area contributed by atoms with E-state index in [4.69, 9.17) is 5.14 Å². The van der Waals surface area contributed by atoms with Crippen LogP contribution in [0.4, 0.5) is 0 Å². The Morgan fingerprint density at radius 1 is 1.58 bits per heavy atom. The quantitative estimate of drug-likeness (QED) is 0.674. The fourth-order valence-corrected chi connectivity index (χ4v) is 2.23. The largest absolute Gasteiger partial charge is 0.265 e. The van der Waals surface area contributed by atoms with Gasteiger partial charge in [-0.25, -0.2) is 13.6 Å². The van der Waals surface area contributed by atoms with Crippen LogP contribution in [0.1, 0.15) is 0 Å². The maximum atomic E-state index is 10.9. The molecule has 1 aliphatic rings. The van der Waals surface area contributed by atoms with Gasteiger partial charge in [0.1, 0.15) is 4.24 Å². The van der Waals surface area contributed by atoms with Crippen LogP contribution in [0.25, 0.3) is 0 Å². The van der Waals surface area contributed by atoms with E-state index < -0.39 is 10.0 Å². The summed E-state index contributed by atoms with van der Waals surface area (Å²) in [5.41, 5.74) is 0. The van der Waals surface area contributed by atoms with Crippen LogP contribution < -0.4 is 5.14 Å². The highest BCUT2D eigenvalue weighted by molar-refractivity contribution is 8.18. The van der Waals surface area contributed by atoms with Crippen molar-refractivity contribution in [2.24, 2.45) is 10.1 Å². The van der Waals surface area contributed by atoms with Gasteiger partial charge in [0.25, 0.3) is 0 Å². The van der Waals surface area contributed by atoms with Crippen LogP contribution in [0.3, 0.4) is 0 Å². The van der Waals surface area contributed by atoms with E-state index in [1.165, 1.54) is 24.1 Å².